The first-order chi connectivity index (χ1) is 9.52. The summed E-state index contributed by atoms with van der Waals surface area (Å²) in [4.78, 5) is 28.8. The van der Waals surface area contributed by atoms with Crippen LogP contribution in [0.15, 0.2) is 24.5 Å². The molecule has 0 aromatic carbocycles. The summed E-state index contributed by atoms with van der Waals surface area (Å²) in [7, 11) is 0. The highest BCUT2D eigenvalue weighted by molar-refractivity contribution is 7.14. The average Bonchev–Trinajstić information content (AvgIpc) is 2.80. The minimum Gasteiger partial charge on any atom is -0.478 e. The maximum atomic E-state index is 12.1. The number of aryl methyl sites for hydroxylation is 2. The number of amides is 1. The van der Waals surface area contributed by atoms with Crippen LogP contribution in [0.4, 0.5) is 5.69 Å². The van der Waals surface area contributed by atoms with Crippen molar-refractivity contribution in [3.63, 3.8) is 0 Å². The van der Waals surface area contributed by atoms with Gasteiger partial charge < -0.3 is 10.4 Å². The predicted molar refractivity (Wildman–Crippen MR) is 77.6 cm³/mol. The van der Waals surface area contributed by atoms with Crippen molar-refractivity contribution in [2.45, 2.75) is 20.3 Å². The average molecular weight is 290 g/mol. The van der Waals surface area contributed by atoms with E-state index in [2.05, 4.69) is 10.3 Å². The molecule has 0 unspecified atom stereocenters. The number of rotatable bonds is 4. The number of pyridine rings is 1. The molecule has 6 heteroatoms. The molecule has 5 nitrogen and oxygen atoms in total. The molecule has 0 radical (unpaired) electrons. The summed E-state index contributed by atoms with van der Waals surface area (Å²) >= 11 is 1.42. The van der Waals surface area contributed by atoms with Gasteiger partial charge in [0.15, 0.2) is 0 Å². The third-order valence-corrected chi connectivity index (χ3v) is 4.25. The standard InChI is InChI=1S/C14H14N2O3S/c1-3-11-8(2)6-12(20-11)13(17)16-10-7-15-5-4-9(10)14(18)19/h4-7H,3H2,1-2H3,(H,16,17)(H,18,19). The number of thiophene rings is 1. The molecule has 0 spiro atoms. The van der Waals surface area contributed by atoms with Gasteiger partial charge in [-0.2, -0.15) is 0 Å². The van der Waals surface area contributed by atoms with E-state index in [-0.39, 0.29) is 17.2 Å². The number of carboxylic acid groups (broad SMARTS) is 1. The Labute approximate surface area is 120 Å². The zero-order valence-corrected chi connectivity index (χ0v) is 12.0. The molecule has 0 aliphatic rings. The smallest absolute Gasteiger partial charge is 0.337 e. The fraction of sp³-hybridized carbons (Fsp3) is 0.214. The van der Waals surface area contributed by atoms with Gasteiger partial charge in [-0.1, -0.05) is 6.92 Å². The summed E-state index contributed by atoms with van der Waals surface area (Å²) in [5.74, 6) is -1.41. The Morgan fingerprint density at radius 1 is 1.45 bits per heavy atom. The molecule has 0 atom stereocenters. The number of carbonyl (C=O) groups is 2. The number of aromatic nitrogens is 1. The normalized spacial score (nSPS) is 10.3. The summed E-state index contributed by atoms with van der Waals surface area (Å²) in [5, 5.41) is 11.7. The second-order valence-corrected chi connectivity index (χ2v) is 5.39. The van der Waals surface area contributed by atoms with Gasteiger partial charge in [-0.3, -0.25) is 9.78 Å². The van der Waals surface area contributed by atoms with Crippen molar-refractivity contribution in [2.75, 3.05) is 5.32 Å². The van der Waals surface area contributed by atoms with Crippen LogP contribution in [0.1, 0.15) is 37.4 Å². The van der Waals surface area contributed by atoms with Crippen molar-refractivity contribution >= 4 is 28.9 Å². The Morgan fingerprint density at radius 3 is 2.80 bits per heavy atom. The Hall–Kier alpha value is -2.21. The number of anilines is 1. The van der Waals surface area contributed by atoms with Gasteiger partial charge in [-0.25, -0.2) is 4.79 Å². The van der Waals surface area contributed by atoms with Gasteiger partial charge in [0.05, 0.1) is 22.3 Å². The molecule has 0 saturated carbocycles. The van der Waals surface area contributed by atoms with Crippen LogP contribution in [0.3, 0.4) is 0 Å². The monoisotopic (exact) mass is 290 g/mol. The molecule has 1 amide bonds. The van der Waals surface area contributed by atoms with E-state index in [1.807, 2.05) is 19.9 Å². The molecular weight excluding hydrogens is 276 g/mol. The van der Waals surface area contributed by atoms with E-state index in [4.69, 9.17) is 5.11 Å². The molecule has 0 aliphatic heterocycles. The molecule has 2 N–H and O–H groups in total. The van der Waals surface area contributed by atoms with Crippen LogP contribution in [-0.2, 0) is 6.42 Å². The van der Waals surface area contributed by atoms with Crippen molar-refractivity contribution in [1.82, 2.24) is 4.98 Å². The molecule has 2 rings (SSSR count). The van der Waals surface area contributed by atoms with Gasteiger partial charge in [0.2, 0.25) is 0 Å². The predicted octanol–water partition coefficient (Wildman–Crippen LogP) is 2.96. The van der Waals surface area contributed by atoms with E-state index in [0.29, 0.717) is 4.88 Å². The zero-order valence-electron chi connectivity index (χ0n) is 11.1. The molecule has 2 aromatic rings. The lowest BCUT2D eigenvalue weighted by molar-refractivity contribution is 0.0698. The van der Waals surface area contributed by atoms with Crippen molar-refractivity contribution < 1.29 is 14.7 Å². The Kier molecular flexibility index (Phi) is 4.14. The first-order valence-electron chi connectivity index (χ1n) is 6.11. The van der Waals surface area contributed by atoms with E-state index in [0.717, 1.165) is 16.9 Å². The van der Waals surface area contributed by atoms with Gasteiger partial charge in [-0.15, -0.1) is 11.3 Å². The highest BCUT2D eigenvalue weighted by atomic mass is 32.1. The lowest BCUT2D eigenvalue weighted by Gasteiger charge is -2.06. The first kappa shape index (κ1) is 14.2. The summed E-state index contributed by atoms with van der Waals surface area (Å²) in [5.41, 5.74) is 1.30. The molecule has 2 aromatic heterocycles. The summed E-state index contributed by atoms with van der Waals surface area (Å²) < 4.78 is 0. The number of nitrogens with one attached hydrogen (secondary N) is 1. The quantitative estimate of drug-likeness (QED) is 0.907. The zero-order chi connectivity index (χ0) is 14.7. The van der Waals surface area contributed by atoms with Crippen molar-refractivity contribution in [1.29, 1.82) is 0 Å². The lowest BCUT2D eigenvalue weighted by Crippen LogP contribution is -2.13. The molecular formula is C14H14N2O3S. The fourth-order valence-electron chi connectivity index (χ4n) is 1.85. The van der Waals surface area contributed by atoms with Gasteiger partial charge in [0, 0.05) is 11.1 Å². The van der Waals surface area contributed by atoms with Crippen LogP contribution < -0.4 is 5.32 Å². The summed E-state index contributed by atoms with van der Waals surface area (Å²) in [6, 6.07) is 3.17. The number of nitrogens with zero attached hydrogens (tertiary/aromatic N) is 1. The van der Waals surface area contributed by atoms with E-state index in [1.165, 1.54) is 29.8 Å². The molecule has 0 bridgehead atoms. The highest BCUT2D eigenvalue weighted by Gasteiger charge is 2.15. The van der Waals surface area contributed by atoms with Crippen LogP contribution in [0.5, 0.6) is 0 Å². The van der Waals surface area contributed by atoms with Gasteiger partial charge in [0.1, 0.15) is 0 Å². The number of carboxylic acids is 1. The molecule has 0 fully saturated rings. The number of carbonyl (C=O) groups excluding carboxylic acids is 1. The van der Waals surface area contributed by atoms with E-state index < -0.39 is 5.97 Å². The van der Waals surface area contributed by atoms with Gasteiger partial charge >= 0.3 is 5.97 Å². The maximum absolute atomic E-state index is 12.1. The molecule has 0 saturated heterocycles. The minimum atomic E-state index is -1.10. The van der Waals surface area contributed by atoms with E-state index in [9.17, 15) is 9.59 Å². The Morgan fingerprint density at radius 2 is 2.20 bits per heavy atom. The van der Waals surface area contributed by atoms with Crippen LogP contribution in [0.2, 0.25) is 0 Å². The Balaban J connectivity index is 2.25. The first-order valence-corrected chi connectivity index (χ1v) is 6.92. The molecule has 2 heterocycles. The highest BCUT2D eigenvalue weighted by Crippen LogP contribution is 2.24. The third kappa shape index (κ3) is 2.85. The number of hydrogen-bond donors (Lipinski definition) is 2. The van der Waals surface area contributed by atoms with Crippen LogP contribution in [-0.4, -0.2) is 22.0 Å². The second-order valence-electron chi connectivity index (χ2n) is 4.25. The van der Waals surface area contributed by atoms with Crippen LogP contribution >= 0.6 is 11.3 Å². The van der Waals surface area contributed by atoms with Crippen LogP contribution in [0.25, 0.3) is 0 Å². The lowest BCUT2D eigenvalue weighted by atomic mass is 10.2. The summed E-state index contributed by atoms with van der Waals surface area (Å²) in [6.07, 6.45) is 3.59. The minimum absolute atomic E-state index is 0.0253. The third-order valence-electron chi connectivity index (χ3n) is 2.87. The summed E-state index contributed by atoms with van der Waals surface area (Å²) in [6.45, 7) is 3.99. The molecule has 0 aliphatic carbocycles. The van der Waals surface area contributed by atoms with Crippen molar-refractivity contribution in [2.24, 2.45) is 0 Å². The van der Waals surface area contributed by atoms with Crippen LogP contribution in [0, 0.1) is 6.92 Å². The largest absolute Gasteiger partial charge is 0.478 e. The molecule has 104 valence electrons. The number of aromatic carboxylic acids is 1. The van der Waals surface area contributed by atoms with E-state index in [1.54, 1.807) is 0 Å². The molecule has 20 heavy (non-hydrogen) atoms. The SMILES string of the molecule is CCc1sc(C(=O)Nc2cnccc2C(=O)O)cc1C. The number of hydrogen-bond acceptors (Lipinski definition) is 4. The fourth-order valence-corrected chi connectivity index (χ4v) is 2.86. The van der Waals surface area contributed by atoms with Crippen molar-refractivity contribution in [3.05, 3.63) is 45.4 Å². The Bertz CT molecular complexity index is 664. The van der Waals surface area contributed by atoms with Gasteiger partial charge in [0.25, 0.3) is 5.91 Å². The second kappa shape index (κ2) is 5.83. The topological polar surface area (TPSA) is 79.3 Å². The van der Waals surface area contributed by atoms with Gasteiger partial charge in [-0.05, 0) is 31.0 Å². The van der Waals surface area contributed by atoms with Crippen molar-refractivity contribution in [3.8, 4) is 0 Å². The van der Waals surface area contributed by atoms with E-state index >= 15 is 0 Å². The maximum Gasteiger partial charge on any atom is 0.337 e.